The number of rotatable bonds is 2. The Labute approximate surface area is 87.5 Å². The van der Waals surface area contributed by atoms with Gasteiger partial charge in [0.15, 0.2) is 0 Å². The second-order valence-corrected chi connectivity index (χ2v) is 6.01. The molecule has 4 fully saturated rings. The molecular weight excluding hydrogens is 193 g/mol. The topological polar surface area (TPSA) is 29.1 Å². The van der Waals surface area contributed by atoms with Crippen molar-refractivity contribution in [2.24, 2.45) is 17.3 Å². The molecule has 5 unspecified atom stereocenters. The van der Waals surface area contributed by atoms with E-state index in [1.165, 1.54) is 25.7 Å². The highest BCUT2D eigenvalue weighted by atomic mass is 31.0. The van der Waals surface area contributed by atoms with Crippen molar-refractivity contribution in [1.29, 1.82) is 0 Å². The smallest absolute Gasteiger partial charge is 0.136 e. The third-order valence-corrected chi connectivity index (χ3v) is 5.64. The van der Waals surface area contributed by atoms with Crippen molar-refractivity contribution in [3.8, 4) is 0 Å². The molecule has 2 nitrogen and oxygen atoms in total. The number of ketones is 1. The number of nitrogens with one attached hydrogen (secondary N) is 1. The first kappa shape index (κ1) is 9.30. The van der Waals surface area contributed by atoms with E-state index in [-0.39, 0.29) is 5.41 Å². The zero-order valence-corrected chi connectivity index (χ0v) is 9.83. The Kier molecular flexibility index (Phi) is 1.72. The van der Waals surface area contributed by atoms with Crippen LogP contribution >= 0.6 is 9.39 Å². The molecule has 4 bridgehead atoms. The van der Waals surface area contributed by atoms with Crippen LogP contribution in [0.15, 0.2) is 0 Å². The lowest BCUT2D eigenvalue weighted by molar-refractivity contribution is -0.128. The zero-order valence-electron chi connectivity index (χ0n) is 8.68. The maximum absolute atomic E-state index is 11.8. The lowest BCUT2D eigenvalue weighted by Gasteiger charge is -2.40. The second-order valence-electron chi connectivity index (χ2n) is 5.72. The van der Waals surface area contributed by atoms with Gasteiger partial charge < -0.3 is 0 Å². The predicted molar refractivity (Wildman–Crippen MR) is 58.8 cm³/mol. The van der Waals surface area contributed by atoms with Crippen LogP contribution in [-0.2, 0) is 4.79 Å². The Morgan fingerprint density at radius 3 is 2.79 bits per heavy atom. The minimum atomic E-state index is 0.0759. The lowest BCUT2D eigenvalue weighted by atomic mass is 9.70. The molecule has 0 heterocycles. The Balaban J connectivity index is 2.02. The Morgan fingerprint density at radius 1 is 1.43 bits per heavy atom. The van der Waals surface area contributed by atoms with Gasteiger partial charge in [-0.05, 0) is 50.9 Å². The predicted octanol–water partition coefficient (Wildman–Crippen LogP) is 1.90. The van der Waals surface area contributed by atoms with E-state index < -0.39 is 0 Å². The fourth-order valence-corrected chi connectivity index (χ4v) is 4.96. The molecule has 14 heavy (non-hydrogen) atoms. The molecule has 0 aliphatic heterocycles. The van der Waals surface area contributed by atoms with E-state index in [0.29, 0.717) is 17.2 Å². The molecule has 4 aliphatic rings. The van der Waals surface area contributed by atoms with Gasteiger partial charge in [-0.15, -0.1) is 0 Å². The largest absolute Gasteiger partial charge is 0.299 e. The van der Waals surface area contributed by atoms with Crippen molar-refractivity contribution in [2.45, 2.75) is 44.6 Å². The molecule has 0 aromatic heterocycles. The maximum Gasteiger partial charge on any atom is 0.136 e. The minimum absolute atomic E-state index is 0.0759. The maximum atomic E-state index is 11.8. The molecule has 0 radical (unpaired) electrons. The molecule has 0 aromatic rings. The van der Waals surface area contributed by atoms with E-state index in [1.807, 2.05) is 0 Å². The fourth-order valence-electron chi connectivity index (χ4n) is 4.62. The third-order valence-electron chi connectivity index (χ3n) is 5.03. The van der Waals surface area contributed by atoms with Crippen molar-refractivity contribution in [2.75, 3.05) is 0 Å². The monoisotopic (exact) mass is 211 g/mol. The minimum Gasteiger partial charge on any atom is -0.299 e. The summed E-state index contributed by atoms with van der Waals surface area (Å²) in [7, 11) is 2.67. The van der Waals surface area contributed by atoms with Gasteiger partial charge in [-0.25, -0.2) is 0 Å². The van der Waals surface area contributed by atoms with Crippen molar-refractivity contribution in [3.05, 3.63) is 0 Å². The number of carbonyl (C=O) groups excluding carboxylic acids is 1. The van der Waals surface area contributed by atoms with Crippen LogP contribution in [0.5, 0.6) is 0 Å². The van der Waals surface area contributed by atoms with Crippen LogP contribution in [0.3, 0.4) is 0 Å². The highest BCUT2D eigenvalue weighted by Crippen LogP contribution is 2.67. The van der Waals surface area contributed by atoms with E-state index in [0.717, 1.165) is 12.3 Å². The molecule has 0 spiro atoms. The number of carbonyl (C=O) groups is 1. The molecule has 0 aromatic carbocycles. The van der Waals surface area contributed by atoms with Gasteiger partial charge >= 0.3 is 0 Å². The summed E-state index contributed by atoms with van der Waals surface area (Å²) in [6, 6.07) is 0. The Bertz CT molecular complexity index is 306. The van der Waals surface area contributed by atoms with Crippen LogP contribution in [0.2, 0.25) is 0 Å². The summed E-state index contributed by atoms with van der Waals surface area (Å²) in [5, 5.41) is 3.41. The summed E-state index contributed by atoms with van der Waals surface area (Å²) in [6.07, 6.45) is 6.11. The SMILES string of the molecule is CC(=O)C12CC3CC1CC(NP)(C3)C2. The van der Waals surface area contributed by atoms with E-state index in [2.05, 4.69) is 14.5 Å². The standard InChI is InChI=1S/C11H18NOP/c1-7(13)11-4-8-2-9(11)5-10(3-8,6-11)12-14/h8-9,12H,2-6,14H2,1H3. The van der Waals surface area contributed by atoms with E-state index >= 15 is 0 Å². The molecule has 4 saturated carbocycles. The third kappa shape index (κ3) is 0.919. The van der Waals surface area contributed by atoms with Crippen LogP contribution in [0.1, 0.15) is 39.0 Å². The fraction of sp³-hybridized carbons (Fsp3) is 0.909. The second kappa shape index (κ2) is 2.59. The molecule has 3 heteroatoms. The molecule has 0 saturated heterocycles. The van der Waals surface area contributed by atoms with Crippen molar-refractivity contribution >= 4 is 15.2 Å². The van der Waals surface area contributed by atoms with Gasteiger partial charge in [0.05, 0.1) is 0 Å². The first-order valence-corrected chi connectivity index (χ1v) is 6.17. The number of hydrogen-bond donors (Lipinski definition) is 1. The molecule has 4 rings (SSSR count). The van der Waals surface area contributed by atoms with E-state index in [1.54, 1.807) is 6.92 Å². The molecule has 0 amide bonds. The van der Waals surface area contributed by atoms with Gasteiger partial charge in [-0.2, -0.15) is 0 Å². The van der Waals surface area contributed by atoms with Gasteiger partial charge in [0.1, 0.15) is 5.78 Å². The van der Waals surface area contributed by atoms with Crippen LogP contribution in [-0.4, -0.2) is 11.3 Å². The van der Waals surface area contributed by atoms with E-state index in [9.17, 15) is 4.79 Å². The first-order valence-electron chi connectivity index (χ1n) is 5.59. The summed E-state index contributed by atoms with van der Waals surface area (Å²) < 4.78 is 0. The van der Waals surface area contributed by atoms with E-state index in [4.69, 9.17) is 0 Å². The molecule has 4 aliphatic carbocycles. The van der Waals surface area contributed by atoms with Gasteiger partial charge in [0, 0.05) is 11.0 Å². The van der Waals surface area contributed by atoms with Crippen LogP contribution in [0.4, 0.5) is 0 Å². The summed E-state index contributed by atoms with van der Waals surface area (Å²) >= 11 is 0. The molecule has 1 N–H and O–H groups in total. The quantitative estimate of drug-likeness (QED) is 0.707. The number of hydrogen-bond acceptors (Lipinski definition) is 2. The van der Waals surface area contributed by atoms with Gasteiger partial charge in [0.25, 0.3) is 0 Å². The Morgan fingerprint density at radius 2 is 2.21 bits per heavy atom. The molecular formula is C11H18NOP. The summed E-state index contributed by atoms with van der Waals surface area (Å²) in [5.74, 6) is 1.96. The normalized spacial score (nSPS) is 54.1. The Hall–Kier alpha value is 0.0600. The summed E-state index contributed by atoms with van der Waals surface area (Å²) in [4.78, 5) is 11.8. The van der Waals surface area contributed by atoms with Crippen molar-refractivity contribution in [3.63, 3.8) is 0 Å². The summed E-state index contributed by atoms with van der Waals surface area (Å²) in [5.41, 5.74) is 0.370. The first-order chi connectivity index (χ1) is 6.60. The summed E-state index contributed by atoms with van der Waals surface area (Å²) in [6.45, 7) is 1.81. The van der Waals surface area contributed by atoms with Gasteiger partial charge in [-0.3, -0.25) is 9.88 Å². The highest BCUT2D eigenvalue weighted by molar-refractivity contribution is 7.13. The lowest BCUT2D eigenvalue weighted by Crippen LogP contribution is -2.45. The van der Waals surface area contributed by atoms with Crippen molar-refractivity contribution in [1.82, 2.24) is 5.09 Å². The van der Waals surface area contributed by atoms with Crippen LogP contribution in [0.25, 0.3) is 0 Å². The average molecular weight is 211 g/mol. The van der Waals surface area contributed by atoms with Crippen molar-refractivity contribution < 1.29 is 4.79 Å². The molecule has 78 valence electrons. The van der Waals surface area contributed by atoms with Gasteiger partial charge in [-0.1, -0.05) is 9.39 Å². The number of Topliss-reactive ketones (excluding diaryl/α,β-unsaturated/α-hetero) is 1. The van der Waals surface area contributed by atoms with Crippen LogP contribution < -0.4 is 5.09 Å². The molecule has 5 atom stereocenters. The average Bonchev–Trinajstić information content (AvgIpc) is 2.52. The zero-order chi connectivity index (χ0) is 9.97. The van der Waals surface area contributed by atoms with Gasteiger partial charge in [0.2, 0.25) is 0 Å². The van der Waals surface area contributed by atoms with Crippen LogP contribution in [0, 0.1) is 17.3 Å². The highest BCUT2D eigenvalue weighted by Gasteiger charge is 2.65.